The fourth-order valence-corrected chi connectivity index (χ4v) is 2.47. The van der Waals surface area contributed by atoms with Crippen LogP contribution in [0.1, 0.15) is 13.8 Å². The highest BCUT2D eigenvalue weighted by Crippen LogP contribution is 2.14. The molecule has 0 unspecified atom stereocenters. The molecule has 82 valence electrons. The van der Waals surface area contributed by atoms with Crippen molar-refractivity contribution in [2.75, 3.05) is 52.5 Å². The highest BCUT2D eigenvalue weighted by molar-refractivity contribution is 4.78. The molecule has 2 aliphatic heterocycles. The zero-order valence-corrected chi connectivity index (χ0v) is 9.58. The van der Waals surface area contributed by atoms with Gasteiger partial charge in [0.15, 0.2) is 0 Å². The summed E-state index contributed by atoms with van der Waals surface area (Å²) in [6, 6.07) is 0. The summed E-state index contributed by atoms with van der Waals surface area (Å²) in [5, 5.41) is 0. The van der Waals surface area contributed by atoms with Crippen molar-refractivity contribution in [3.63, 3.8) is 0 Å². The van der Waals surface area contributed by atoms with Gasteiger partial charge in [-0.3, -0.25) is 9.80 Å². The summed E-state index contributed by atoms with van der Waals surface area (Å²) in [6.45, 7) is 14.7. The Kier molecular flexibility index (Phi) is 3.42. The van der Waals surface area contributed by atoms with Crippen molar-refractivity contribution >= 4 is 0 Å². The molecule has 0 amide bonds. The lowest BCUT2D eigenvalue weighted by atomic mass is 10.0. The summed E-state index contributed by atoms with van der Waals surface area (Å²) in [4.78, 5) is 7.69. The topological polar surface area (TPSA) is 9.72 Å². The van der Waals surface area contributed by atoms with Crippen LogP contribution >= 0.6 is 0 Å². The average molecular weight is 197 g/mol. The molecular weight excluding hydrogens is 174 g/mol. The van der Waals surface area contributed by atoms with E-state index in [9.17, 15) is 0 Å². The van der Waals surface area contributed by atoms with E-state index in [1.54, 1.807) is 0 Å². The Bertz CT molecular complexity index is 169. The lowest BCUT2D eigenvalue weighted by Gasteiger charge is -2.43. The molecule has 0 aromatic heterocycles. The monoisotopic (exact) mass is 197 g/mol. The molecule has 3 heteroatoms. The Morgan fingerprint density at radius 1 is 0.929 bits per heavy atom. The van der Waals surface area contributed by atoms with Crippen molar-refractivity contribution in [3.8, 4) is 0 Å². The number of likely N-dealkylation sites (tertiary alicyclic amines) is 1. The number of nitrogens with zero attached hydrogens (tertiary/aromatic N) is 3. The van der Waals surface area contributed by atoms with Gasteiger partial charge in [-0.05, 0) is 12.5 Å². The first kappa shape index (κ1) is 10.4. The van der Waals surface area contributed by atoms with Crippen LogP contribution in [0, 0.1) is 5.92 Å². The summed E-state index contributed by atoms with van der Waals surface area (Å²) in [7, 11) is 0. The van der Waals surface area contributed by atoms with Crippen LogP contribution in [-0.2, 0) is 0 Å². The minimum atomic E-state index is 0.937. The van der Waals surface area contributed by atoms with Crippen molar-refractivity contribution in [1.82, 2.24) is 14.7 Å². The maximum absolute atomic E-state index is 2.60. The largest absolute Gasteiger partial charge is 0.301 e. The summed E-state index contributed by atoms with van der Waals surface area (Å²) in [6.07, 6.45) is 0. The van der Waals surface area contributed by atoms with E-state index in [2.05, 4.69) is 28.5 Å². The molecule has 0 bridgehead atoms. The number of piperazine rings is 1. The van der Waals surface area contributed by atoms with E-state index in [1.165, 1.54) is 52.5 Å². The fraction of sp³-hybridized carbons (Fsp3) is 1.00. The van der Waals surface area contributed by atoms with Gasteiger partial charge in [-0.25, -0.2) is 0 Å². The van der Waals surface area contributed by atoms with Gasteiger partial charge in [0.25, 0.3) is 0 Å². The SMILES string of the molecule is CCN1CCN(CN2CC(C)C2)CC1. The third-order valence-electron chi connectivity index (χ3n) is 3.45. The Hall–Kier alpha value is -0.120. The van der Waals surface area contributed by atoms with Crippen LogP contribution in [0.15, 0.2) is 0 Å². The summed E-state index contributed by atoms with van der Waals surface area (Å²) >= 11 is 0. The number of rotatable bonds is 3. The van der Waals surface area contributed by atoms with Crippen molar-refractivity contribution < 1.29 is 0 Å². The van der Waals surface area contributed by atoms with E-state index < -0.39 is 0 Å². The van der Waals surface area contributed by atoms with E-state index in [4.69, 9.17) is 0 Å². The van der Waals surface area contributed by atoms with Crippen LogP contribution in [0.2, 0.25) is 0 Å². The summed E-state index contributed by atoms with van der Waals surface area (Å²) in [5.74, 6) is 0.937. The standard InChI is InChI=1S/C11H23N3/c1-3-12-4-6-13(7-5-12)10-14-8-11(2)9-14/h11H,3-10H2,1-2H3. The van der Waals surface area contributed by atoms with Gasteiger partial charge in [0.2, 0.25) is 0 Å². The van der Waals surface area contributed by atoms with Gasteiger partial charge in [0, 0.05) is 39.3 Å². The minimum Gasteiger partial charge on any atom is -0.301 e. The second-order valence-electron chi connectivity index (χ2n) is 4.83. The lowest BCUT2D eigenvalue weighted by Crippen LogP contribution is -2.54. The molecule has 14 heavy (non-hydrogen) atoms. The zero-order valence-electron chi connectivity index (χ0n) is 9.58. The fourth-order valence-electron chi connectivity index (χ4n) is 2.47. The van der Waals surface area contributed by atoms with Gasteiger partial charge in [-0.15, -0.1) is 0 Å². The predicted octanol–water partition coefficient (Wildman–Crippen LogP) is 0.533. The van der Waals surface area contributed by atoms with Crippen molar-refractivity contribution in [2.24, 2.45) is 5.92 Å². The molecule has 0 aromatic rings. The van der Waals surface area contributed by atoms with Crippen LogP contribution in [0.3, 0.4) is 0 Å². The molecule has 3 nitrogen and oxygen atoms in total. The Labute approximate surface area is 87.7 Å². The van der Waals surface area contributed by atoms with E-state index in [0.29, 0.717) is 0 Å². The number of likely N-dealkylation sites (N-methyl/N-ethyl adjacent to an activating group) is 1. The van der Waals surface area contributed by atoms with Gasteiger partial charge in [0.1, 0.15) is 0 Å². The Morgan fingerprint density at radius 2 is 1.50 bits per heavy atom. The molecule has 0 atom stereocenters. The van der Waals surface area contributed by atoms with E-state index in [0.717, 1.165) is 5.92 Å². The Morgan fingerprint density at radius 3 is 2.00 bits per heavy atom. The van der Waals surface area contributed by atoms with Gasteiger partial charge < -0.3 is 4.90 Å². The van der Waals surface area contributed by atoms with E-state index in [-0.39, 0.29) is 0 Å². The third-order valence-corrected chi connectivity index (χ3v) is 3.45. The van der Waals surface area contributed by atoms with Gasteiger partial charge in [-0.1, -0.05) is 13.8 Å². The van der Waals surface area contributed by atoms with Crippen LogP contribution in [0.5, 0.6) is 0 Å². The third kappa shape index (κ3) is 2.47. The van der Waals surface area contributed by atoms with Crippen molar-refractivity contribution in [1.29, 1.82) is 0 Å². The average Bonchev–Trinajstić information content (AvgIpc) is 2.17. The predicted molar refractivity (Wildman–Crippen MR) is 59.3 cm³/mol. The smallest absolute Gasteiger partial charge is 0.0507 e. The molecule has 2 rings (SSSR count). The highest BCUT2D eigenvalue weighted by atomic mass is 15.4. The first-order valence-corrected chi connectivity index (χ1v) is 5.95. The molecule has 2 fully saturated rings. The van der Waals surface area contributed by atoms with Crippen molar-refractivity contribution in [2.45, 2.75) is 13.8 Å². The molecule has 0 aliphatic carbocycles. The number of hydrogen-bond donors (Lipinski definition) is 0. The van der Waals surface area contributed by atoms with Gasteiger partial charge >= 0.3 is 0 Å². The minimum absolute atomic E-state index is 0.937. The molecule has 2 saturated heterocycles. The molecular formula is C11H23N3. The normalized spacial score (nSPS) is 27.9. The number of hydrogen-bond acceptors (Lipinski definition) is 3. The second-order valence-corrected chi connectivity index (χ2v) is 4.83. The maximum atomic E-state index is 2.60. The van der Waals surface area contributed by atoms with E-state index in [1.807, 2.05) is 0 Å². The van der Waals surface area contributed by atoms with Crippen LogP contribution in [-0.4, -0.2) is 67.2 Å². The molecule has 2 heterocycles. The summed E-state index contributed by atoms with van der Waals surface area (Å²) in [5.41, 5.74) is 0. The maximum Gasteiger partial charge on any atom is 0.0507 e. The van der Waals surface area contributed by atoms with Crippen molar-refractivity contribution in [3.05, 3.63) is 0 Å². The molecule has 0 aromatic carbocycles. The zero-order chi connectivity index (χ0) is 9.97. The lowest BCUT2D eigenvalue weighted by molar-refractivity contribution is 0.0196. The summed E-state index contributed by atoms with van der Waals surface area (Å²) < 4.78 is 0. The van der Waals surface area contributed by atoms with Crippen LogP contribution < -0.4 is 0 Å². The highest BCUT2D eigenvalue weighted by Gasteiger charge is 2.25. The van der Waals surface area contributed by atoms with Crippen LogP contribution in [0.4, 0.5) is 0 Å². The first-order chi connectivity index (χ1) is 6.78. The first-order valence-electron chi connectivity index (χ1n) is 5.95. The van der Waals surface area contributed by atoms with E-state index >= 15 is 0 Å². The molecule has 0 N–H and O–H groups in total. The van der Waals surface area contributed by atoms with Gasteiger partial charge in [-0.2, -0.15) is 0 Å². The molecule has 0 spiro atoms. The quantitative estimate of drug-likeness (QED) is 0.653. The molecule has 0 radical (unpaired) electrons. The molecule has 2 aliphatic rings. The second kappa shape index (κ2) is 4.60. The van der Waals surface area contributed by atoms with Crippen LogP contribution in [0.25, 0.3) is 0 Å². The van der Waals surface area contributed by atoms with Gasteiger partial charge in [0.05, 0.1) is 6.67 Å². The Balaban J connectivity index is 1.64. The molecule has 0 saturated carbocycles.